The number of hydrogen-bond donors (Lipinski definition) is 1. The van der Waals surface area contributed by atoms with Crippen molar-refractivity contribution in [1.82, 2.24) is 5.32 Å². The van der Waals surface area contributed by atoms with Crippen molar-refractivity contribution < 1.29 is 13.2 Å². The Morgan fingerprint density at radius 3 is 2.47 bits per heavy atom. The third kappa shape index (κ3) is 5.08. The van der Waals surface area contributed by atoms with Crippen molar-refractivity contribution in [2.45, 2.75) is 22.0 Å². The maximum Gasteiger partial charge on any atom is 0.233 e. The summed E-state index contributed by atoms with van der Waals surface area (Å²) in [4.78, 5) is 12.8. The first-order valence-electron chi connectivity index (χ1n) is 5.70. The monoisotopic (exact) mass is 299 g/mol. The van der Waals surface area contributed by atoms with Crippen molar-refractivity contribution in [1.29, 1.82) is 0 Å². The number of hydrogen-bond acceptors (Lipinski definition) is 4. The fraction of sp³-hybridized carbons (Fsp3) is 0.308. The molecule has 0 radical (unpaired) electrons. The van der Waals surface area contributed by atoms with Gasteiger partial charge in [0.1, 0.15) is 0 Å². The SMILES string of the molecule is C=CCNC(=O)[C@H](C)Sc1ccc(S(C)(=O)=O)cc1. The summed E-state index contributed by atoms with van der Waals surface area (Å²) in [7, 11) is -3.18. The van der Waals surface area contributed by atoms with E-state index in [1.54, 1.807) is 37.3 Å². The molecule has 104 valence electrons. The Morgan fingerprint density at radius 2 is 2.00 bits per heavy atom. The first-order chi connectivity index (χ1) is 8.84. The normalized spacial score (nSPS) is 12.7. The number of amides is 1. The van der Waals surface area contributed by atoms with E-state index in [0.717, 1.165) is 4.90 Å². The molecule has 0 aliphatic rings. The highest BCUT2D eigenvalue weighted by atomic mass is 32.2. The quantitative estimate of drug-likeness (QED) is 0.643. The molecule has 0 aliphatic carbocycles. The first-order valence-corrected chi connectivity index (χ1v) is 8.47. The molecule has 1 amide bonds. The van der Waals surface area contributed by atoms with Gasteiger partial charge < -0.3 is 5.32 Å². The summed E-state index contributed by atoms with van der Waals surface area (Å²) in [5, 5.41) is 2.47. The van der Waals surface area contributed by atoms with Crippen LogP contribution < -0.4 is 5.32 Å². The molecule has 19 heavy (non-hydrogen) atoms. The molecule has 0 fully saturated rings. The van der Waals surface area contributed by atoms with E-state index in [4.69, 9.17) is 0 Å². The summed E-state index contributed by atoms with van der Waals surface area (Å²) in [6.07, 6.45) is 2.79. The molecule has 1 aromatic carbocycles. The number of benzene rings is 1. The van der Waals surface area contributed by atoms with Gasteiger partial charge in [-0.05, 0) is 31.2 Å². The van der Waals surface area contributed by atoms with Gasteiger partial charge in [-0.15, -0.1) is 18.3 Å². The van der Waals surface area contributed by atoms with E-state index in [0.29, 0.717) is 6.54 Å². The fourth-order valence-electron chi connectivity index (χ4n) is 1.34. The van der Waals surface area contributed by atoms with E-state index >= 15 is 0 Å². The lowest BCUT2D eigenvalue weighted by Crippen LogP contribution is -2.30. The van der Waals surface area contributed by atoms with Crippen LogP contribution in [0.25, 0.3) is 0 Å². The lowest BCUT2D eigenvalue weighted by Gasteiger charge is -2.11. The van der Waals surface area contributed by atoms with Crippen molar-refractivity contribution in [2.24, 2.45) is 0 Å². The van der Waals surface area contributed by atoms with Crippen LogP contribution in [0.15, 0.2) is 46.7 Å². The highest BCUT2D eigenvalue weighted by molar-refractivity contribution is 8.00. The number of thioether (sulfide) groups is 1. The maximum atomic E-state index is 11.7. The van der Waals surface area contributed by atoms with Crippen LogP contribution in [0.2, 0.25) is 0 Å². The standard InChI is InChI=1S/C13H17NO3S2/c1-4-9-14-13(15)10(2)18-11-5-7-12(8-6-11)19(3,16)17/h4-8,10H,1,9H2,2-3H3,(H,14,15)/t10-/m0/s1. The highest BCUT2D eigenvalue weighted by Gasteiger charge is 2.14. The van der Waals surface area contributed by atoms with Crippen molar-refractivity contribution in [3.63, 3.8) is 0 Å². The largest absolute Gasteiger partial charge is 0.352 e. The Labute approximate surface area is 118 Å². The zero-order valence-corrected chi connectivity index (χ0v) is 12.6. The molecular weight excluding hydrogens is 282 g/mol. The predicted octanol–water partition coefficient (Wildman–Crippen LogP) is 1.87. The third-order valence-corrected chi connectivity index (χ3v) is 4.60. The highest BCUT2D eigenvalue weighted by Crippen LogP contribution is 2.24. The number of carbonyl (C=O) groups excluding carboxylic acids is 1. The van der Waals surface area contributed by atoms with Crippen molar-refractivity contribution in [3.05, 3.63) is 36.9 Å². The molecule has 0 unspecified atom stereocenters. The van der Waals surface area contributed by atoms with Crippen LogP contribution in [0.1, 0.15) is 6.92 Å². The third-order valence-electron chi connectivity index (χ3n) is 2.35. The van der Waals surface area contributed by atoms with Crippen molar-refractivity contribution >= 4 is 27.5 Å². The second-order valence-electron chi connectivity index (χ2n) is 4.04. The molecule has 6 heteroatoms. The van der Waals surface area contributed by atoms with Crippen LogP contribution in [0.4, 0.5) is 0 Å². The Hall–Kier alpha value is -1.27. The van der Waals surface area contributed by atoms with Crippen molar-refractivity contribution in [3.8, 4) is 0 Å². The maximum absolute atomic E-state index is 11.7. The molecule has 0 bridgehead atoms. The zero-order valence-electron chi connectivity index (χ0n) is 10.9. The average Bonchev–Trinajstić information content (AvgIpc) is 2.35. The summed E-state index contributed by atoms with van der Waals surface area (Å²) < 4.78 is 22.6. The Bertz CT molecular complexity index is 550. The van der Waals surface area contributed by atoms with E-state index in [-0.39, 0.29) is 16.1 Å². The van der Waals surface area contributed by atoms with Gasteiger partial charge in [-0.2, -0.15) is 0 Å². The van der Waals surface area contributed by atoms with Crippen LogP contribution in [-0.4, -0.2) is 32.4 Å². The minimum absolute atomic E-state index is 0.0721. The minimum atomic E-state index is -3.18. The topological polar surface area (TPSA) is 63.2 Å². The second kappa shape index (κ2) is 6.77. The van der Waals surface area contributed by atoms with Crippen LogP contribution >= 0.6 is 11.8 Å². The molecule has 0 saturated heterocycles. The van der Waals surface area contributed by atoms with E-state index in [1.165, 1.54) is 18.0 Å². The molecule has 1 N–H and O–H groups in total. The van der Waals surface area contributed by atoms with Gasteiger partial charge in [0.05, 0.1) is 10.1 Å². The average molecular weight is 299 g/mol. The van der Waals surface area contributed by atoms with Gasteiger partial charge >= 0.3 is 0 Å². The van der Waals surface area contributed by atoms with Gasteiger partial charge in [-0.25, -0.2) is 8.42 Å². The number of sulfone groups is 1. The van der Waals surface area contributed by atoms with E-state index in [2.05, 4.69) is 11.9 Å². The summed E-state index contributed by atoms with van der Waals surface area (Å²) in [5.74, 6) is -0.0721. The molecule has 1 atom stereocenters. The molecule has 0 saturated carbocycles. The predicted molar refractivity (Wildman–Crippen MR) is 78.1 cm³/mol. The first kappa shape index (κ1) is 15.8. The van der Waals surface area contributed by atoms with Crippen LogP contribution in [0, 0.1) is 0 Å². The summed E-state index contributed by atoms with van der Waals surface area (Å²) >= 11 is 1.38. The van der Waals surface area contributed by atoms with Gasteiger partial charge in [0.15, 0.2) is 9.84 Å². The fourth-order valence-corrected chi connectivity index (χ4v) is 2.86. The lowest BCUT2D eigenvalue weighted by atomic mass is 10.4. The van der Waals surface area contributed by atoms with Gasteiger partial charge in [-0.1, -0.05) is 6.08 Å². The Balaban J connectivity index is 2.68. The van der Waals surface area contributed by atoms with Gasteiger partial charge in [0.25, 0.3) is 0 Å². The second-order valence-corrected chi connectivity index (χ2v) is 7.47. The van der Waals surface area contributed by atoms with Gasteiger partial charge in [0.2, 0.25) is 5.91 Å². The van der Waals surface area contributed by atoms with Gasteiger partial charge in [-0.3, -0.25) is 4.79 Å². The smallest absolute Gasteiger partial charge is 0.233 e. The molecule has 1 aromatic rings. The summed E-state index contributed by atoms with van der Waals surface area (Å²) in [6, 6.07) is 6.51. The lowest BCUT2D eigenvalue weighted by molar-refractivity contribution is -0.120. The zero-order chi connectivity index (χ0) is 14.5. The van der Waals surface area contributed by atoms with Gasteiger partial charge in [0, 0.05) is 17.7 Å². The minimum Gasteiger partial charge on any atom is -0.352 e. The molecule has 0 heterocycles. The van der Waals surface area contributed by atoms with Crippen molar-refractivity contribution in [2.75, 3.05) is 12.8 Å². The molecule has 0 aromatic heterocycles. The summed E-state index contributed by atoms with van der Waals surface area (Å²) in [5.41, 5.74) is 0. The number of carbonyl (C=O) groups is 1. The molecule has 4 nitrogen and oxygen atoms in total. The number of rotatable bonds is 6. The van der Waals surface area contributed by atoms with E-state index in [9.17, 15) is 13.2 Å². The van der Waals surface area contributed by atoms with Crippen LogP contribution in [-0.2, 0) is 14.6 Å². The van der Waals surface area contributed by atoms with Crippen LogP contribution in [0.3, 0.4) is 0 Å². The molecule has 1 rings (SSSR count). The Morgan fingerprint density at radius 1 is 1.42 bits per heavy atom. The number of nitrogens with one attached hydrogen (secondary N) is 1. The summed E-state index contributed by atoms with van der Waals surface area (Å²) in [6.45, 7) is 5.77. The Kier molecular flexibility index (Phi) is 5.62. The molecular formula is C13H17NO3S2. The van der Waals surface area contributed by atoms with E-state index in [1.807, 2.05) is 0 Å². The van der Waals surface area contributed by atoms with E-state index < -0.39 is 9.84 Å². The molecule has 0 aliphatic heterocycles. The molecule has 0 spiro atoms. The van der Waals surface area contributed by atoms with Crippen LogP contribution in [0.5, 0.6) is 0 Å².